The molecule has 0 radical (unpaired) electrons. The van der Waals surface area contributed by atoms with Gasteiger partial charge in [0.25, 0.3) is 0 Å². The van der Waals surface area contributed by atoms with Crippen LogP contribution in [-0.2, 0) is 24.1 Å². The molecule has 2 aromatic heterocycles. The highest BCUT2D eigenvalue weighted by molar-refractivity contribution is 7.15. The second kappa shape index (κ2) is 8.52. The number of amides is 1. The minimum atomic E-state index is 0.0159. The third-order valence-electron chi connectivity index (χ3n) is 5.08. The van der Waals surface area contributed by atoms with Crippen molar-refractivity contribution in [1.82, 2.24) is 15.3 Å². The Morgan fingerprint density at radius 3 is 2.93 bits per heavy atom. The van der Waals surface area contributed by atoms with Gasteiger partial charge in [-0.15, -0.1) is 11.3 Å². The van der Waals surface area contributed by atoms with Crippen molar-refractivity contribution >= 4 is 17.2 Å². The Morgan fingerprint density at radius 1 is 1.25 bits per heavy atom. The normalized spacial score (nSPS) is 15.7. The van der Waals surface area contributed by atoms with Gasteiger partial charge in [0.05, 0.1) is 18.5 Å². The number of nitrogens with one attached hydrogen (secondary N) is 1. The van der Waals surface area contributed by atoms with E-state index in [-0.39, 0.29) is 11.8 Å². The molecule has 0 fully saturated rings. The Bertz CT molecular complexity index is 955. The number of carbonyl (C=O) groups is 1. The van der Waals surface area contributed by atoms with Crippen LogP contribution in [0.25, 0.3) is 10.7 Å². The van der Waals surface area contributed by atoms with Gasteiger partial charge in [-0.2, -0.15) is 0 Å². The molecular weight excluding hydrogens is 370 g/mol. The van der Waals surface area contributed by atoms with E-state index in [1.807, 2.05) is 42.5 Å². The molecule has 144 valence electrons. The number of benzene rings is 1. The quantitative estimate of drug-likeness (QED) is 0.694. The third kappa shape index (κ3) is 4.07. The summed E-state index contributed by atoms with van der Waals surface area (Å²) in [5.41, 5.74) is 3.14. The van der Waals surface area contributed by atoms with Gasteiger partial charge in [0.1, 0.15) is 10.8 Å². The zero-order valence-electron chi connectivity index (χ0n) is 15.9. The number of nitrogens with zero attached hydrogens (tertiary/aromatic N) is 2. The number of pyridine rings is 1. The smallest absolute Gasteiger partial charge is 0.223 e. The number of para-hydroxylation sites is 1. The molecule has 1 amide bonds. The highest BCUT2D eigenvalue weighted by Gasteiger charge is 2.27. The first-order valence-electron chi connectivity index (χ1n) is 9.54. The molecule has 6 heteroatoms. The van der Waals surface area contributed by atoms with E-state index in [0.29, 0.717) is 6.54 Å². The van der Waals surface area contributed by atoms with Crippen LogP contribution in [0.1, 0.15) is 22.6 Å². The number of thiazole rings is 1. The van der Waals surface area contributed by atoms with Gasteiger partial charge in [-0.3, -0.25) is 9.78 Å². The van der Waals surface area contributed by atoms with E-state index in [0.717, 1.165) is 53.4 Å². The fraction of sp³-hybridized carbons (Fsp3) is 0.318. The summed E-state index contributed by atoms with van der Waals surface area (Å²) in [6, 6.07) is 13.8. The maximum atomic E-state index is 12.7. The molecule has 0 aliphatic heterocycles. The molecule has 1 unspecified atom stereocenters. The lowest BCUT2D eigenvalue weighted by atomic mass is 9.90. The first kappa shape index (κ1) is 18.6. The minimum Gasteiger partial charge on any atom is -0.496 e. The van der Waals surface area contributed by atoms with Gasteiger partial charge in [-0.05, 0) is 49.4 Å². The molecular formula is C22H23N3O2S. The van der Waals surface area contributed by atoms with Crippen molar-refractivity contribution in [2.75, 3.05) is 13.7 Å². The molecule has 28 heavy (non-hydrogen) atoms. The number of carbonyl (C=O) groups excluding carboxylic acids is 1. The van der Waals surface area contributed by atoms with E-state index in [1.54, 1.807) is 24.6 Å². The van der Waals surface area contributed by atoms with Gasteiger partial charge in [-0.1, -0.05) is 24.3 Å². The summed E-state index contributed by atoms with van der Waals surface area (Å²) < 4.78 is 5.37. The van der Waals surface area contributed by atoms with E-state index in [2.05, 4.69) is 10.3 Å². The van der Waals surface area contributed by atoms with Gasteiger partial charge in [-0.25, -0.2) is 4.98 Å². The number of ether oxygens (including phenoxy) is 1. The number of aromatic nitrogens is 2. The predicted molar refractivity (Wildman–Crippen MR) is 111 cm³/mol. The van der Waals surface area contributed by atoms with Crippen molar-refractivity contribution in [3.8, 4) is 16.5 Å². The van der Waals surface area contributed by atoms with Crippen molar-refractivity contribution in [3.63, 3.8) is 0 Å². The van der Waals surface area contributed by atoms with Gasteiger partial charge in [0.2, 0.25) is 5.91 Å². The molecule has 0 saturated carbocycles. The van der Waals surface area contributed by atoms with E-state index in [1.165, 1.54) is 4.88 Å². The van der Waals surface area contributed by atoms with Crippen LogP contribution in [0.3, 0.4) is 0 Å². The van der Waals surface area contributed by atoms with Crippen LogP contribution >= 0.6 is 11.3 Å². The van der Waals surface area contributed by atoms with Gasteiger partial charge in [0.15, 0.2) is 0 Å². The summed E-state index contributed by atoms with van der Waals surface area (Å²) in [6.45, 7) is 0.616. The van der Waals surface area contributed by atoms with Crippen LogP contribution in [0.15, 0.2) is 48.7 Å². The molecule has 0 saturated heterocycles. The number of aryl methyl sites for hydroxylation is 1. The van der Waals surface area contributed by atoms with Gasteiger partial charge < -0.3 is 10.1 Å². The summed E-state index contributed by atoms with van der Waals surface area (Å²) in [5, 5.41) is 4.05. The summed E-state index contributed by atoms with van der Waals surface area (Å²) >= 11 is 1.67. The van der Waals surface area contributed by atoms with Crippen molar-refractivity contribution < 1.29 is 9.53 Å². The lowest BCUT2D eigenvalue weighted by molar-refractivity contribution is -0.125. The third-order valence-corrected chi connectivity index (χ3v) is 6.22. The molecule has 2 heterocycles. The highest BCUT2D eigenvalue weighted by Crippen LogP contribution is 2.34. The Labute approximate surface area is 168 Å². The molecule has 1 N–H and O–H groups in total. The maximum Gasteiger partial charge on any atom is 0.223 e. The topological polar surface area (TPSA) is 64.1 Å². The second-order valence-electron chi connectivity index (χ2n) is 6.90. The van der Waals surface area contributed by atoms with Crippen LogP contribution in [0.5, 0.6) is 5.75 Å². The number of fused-ring (bicyclic) bond motifs is 1. The molecule has 1 aromatic carbocycles. The SMILES string of the molecule is COc1ccccc1CCNC(=O)C1CCc2nc(-c3ccccn3)sc2C1. The zero-order chi connectivity index (χ0) is 19.3. The Hall–Kier alpha value is -2.73. The molecule has 4 rings (SSSR count). The first-order chi connectivity index (χ1) is 13.7. The maximum absolute atomic E-state index is 12.7. The van der Waals surface area contributed by atoms with Crippen LogP contribution in [0.4, 0.5) is 0 Å². The van der Waals surface area contributed by atoms with Crippen molar-refractivity contribution in [3.05, 3.63) is 64.8 Å². The lowest BCUT2D eigenvalue weighted by Gasteiger charge is -2.20. The summed E-state index contributed by atoms with van der Waals surface area (Å²) in [5.74, 6) is 1.02. The van der Waals surface area contributed by atoms with Gasteiger partial charge in [0, 0.05) is 23.5 Å². The number of hydrogen-bond donors (Lipinski definition) is 1. The Kier molecular flexibility index (Phi) is 5.67. The minimum absolute atomic E-state index is 0.0159. The van der Waals surface area contributed by atoms with E-state index in [4.69, 9.17) is 9.72 Å². The number of rotatable bonds is 6. The molecule has 0 spiro atoms. The van der Waals surface area contributed by atoms with Crippen molar-refractivity contribution in [1.29, 1.82) is 0 Å². The summed E-state index contributed by atoms with van der Waals surface area (Å²) in [7, 11) is 1.67. The van der Waals surface area contributed by atoms with Crippen LogP contribution in [0, 0.1) is 5.92 Å². The second-order valence-corrected chi connectivity index (χ2v) is 7.98. The van der Waals surface area contributed by atoms with E-state index < -0.39 is 0 Å². The molecule has 1 aliphatic carbocycles. The van der Waals surface area contributed by atoms with Gasteiger partial charge >= 0.3 is 0 Å². The predicted octanol–water partition coefficient (Wildman–Crippen LogP) is 3.68. The average Bonchev–Trinajstić information content (AvgIpc) is 3.18. The molecule has 0 bridgehead atoms. The van der Waals surface area contributed by atoms with E-state index >= 15 is 0 Å². The van der Waals surface area contributed by atoms with Crippen molar-refractivity contribution in [2.24, 2.45) is 5.92 Å². The summed E-state index contributed by atoms with van der Waals surface area (Å²) in [6.07, 6.45) is 5.01. The number of hydrogen-bond acceptors (Lipinski definition) is 5. The van der Waals surface area contributed by atoms with E-state index in [9.17, 15) is 4.79 Å². The van der Waals surface area contributed by atoms with Crippen LogP contribution < -0.4 is 10.1 Å². The Balaban J connectivity index is 1.35. The van der Waals surface area contributed by atoms with Crippen LogP contribution in [0.2, 0.25) is 0 Å². The summed E-state index contributed by atoms with van der Waals surface area (Å²) in [4.78, 5) is 23.0. The standard InChI is InChI=1S/C22H23N3O2S/c1-27-19-8-3-2-6-15(19)11-13-24-21(26)16-9-10-17-20(14-16)28-22(25-17)18-7-4-5-12-23-18/h2-8,12,16H,9-11,13-14H2,1H3,(H,24,26). The molecule has 1 atom stereocenters. The molecule has 3 aromatic rings. The van der Waals surface area contributed by atoms with Crippen molar-refractivity contribution in [2.45, 2.75) is 25.7 Å². The lowest BCUT2D eigenvalue weighted by Crippen LogP contribution is -2.35. The monoisotopic (exact) mass is 393 g/mol. The molecule has 1 aliphatic rings. The molecule has 5 nitrogen and oxygen atoms in total. The number of methoxy groups -OCH3 is 1. The van der Waals surface area contributed by atoms with Crippen LogP contribution in [-0.4, -0.2) is 29.5 Å². The highest BCUT2D eigenvalue weighted by atomic mass is 32.1. The fourth-order valence-corrected chi connectivity index (χ4v) is 4.74. The largest absolute Gasteiger partial charge is 0.496 e. The first-order valence-corrected chi connectivity index (χ1v) is 10.4. The zero-order valence-corrected chi connectivity index (χ0v) is 16.7. The average molecular weight is 394 g/mol. The Morgan fingerprint density at radius 2 is 2.11 bits per heavy atom. The fourth-order valence-electron chi connectivity index (χ4n) is 3.57.